The lowest BCUT2D eigenvalue weighted by molar-refractivity contribution is -0.143. The summed E-state index contributed by atoms with van der Waals surface area (Å²) in [6.07, 6.45) is 0.502. The van der Waals surface area contributed by atoms with Crippen LogP contribution >= 0.6 is 11.3 Å². The number of carboxylic acids is 2. The summed E-state index contributed by atoms with van der Waals surface area (Å²) in [6.45, 7) is 2.35. The van der Waals surface area contributed by atoms with E-state index in [4.69, 9.17) is 26.1 Å². The quantitative estimate of drug-likeness (QED) is 0.114. The van der Waals surface area contributed by atoms with E-state index in [9.17, 15) is 23.6 Å². The van der Waals surface area contributed by atoms with Crippen molar-refractivity contribution in [1.82, 2.24) is 10.3 Å². The number of halogens is 1. The van der Waals surface area contributed by atoms with Gasteiger partial charge in [0.05, 0.1) is 6.20 Å². The van der Waals surface area contributed by atoms with Crippen LogP contribution in [-0.4, -0.2) is 64.0 Å². The molecule has 12 nitrogen and oxygen atoms in total. The van der Waals surface area contributed by atoms with Crippen LogP contribution in [0.4, 0.5) is 9.52 Å². The van der Waals surface area contributed by atoms with Crippen LogP contribution in [0.5, 0.6) is 5.75 Å². The number of ether oxygens (including phenoxy) is 1. The van der Waals surface area contributed by atoms with E-state index in [1.807, 2.05) is 0 Å². The predicted molar refractivity (Wildman–Crippen MR) is 123 cm³/mol. The Morgan fingerprint density at radius 2 is 2.00 bits per heavy atom. The maximum Gasteiger partial charge on any atom is 0.355 e. The second-order valence-electron chi connectivity index (χ2n) is 7.18. The van der Waals surface area contributed by atoms with Crippen molar-refractivity contribution in [2.24, 2.45) is 5.73 Å². The van der Waals surface area contributed by atoms with Crippen LogP contribution < -0.4 is 20.7 Å². The first-order valence-electron chi connectivity index (χ1n) is 10.3. The molecule has 1 aromatic carbocycles. The zero-order valence-corrected chi connectivity index (χ0v) is 19.4. The third kappa shape index (κ3) is 8.03. The molecule has 0 aliphatic carbocycles. The number of thiazole rings is 1. The highest BCUT2D eigenvalue weighted by Gasteiger charge is 2.22. The van der Waals surface area contributed by atoms with Crippen molar-refractivity contribution in [3.8, 4) is 5.75 Å². The first-order valence-corrected chi connectivity index (χ1v) is 11.1. The number of nitrogens with two attached hydrogens (primary N) is 1. The molecule has 0 fully saturated rings. The van der Waals surface area contributed by atoms with E-state index in [1.54, 1.807) is 11.8 Å². The standard InChI is InChI=1S/C21H24FN5O7S/c1-2-27(8-7-16(28)26-13(19(31)32)4-6-17(29)30)21-25-10-15(35-21)20(33)34-14-5-3-11(18(23)24)9-12(14)22/h3,5,9-10,13H,2,4,6-8H2,1H3,(H3,23,24)(H,26,28)(H,29,30)(H,31,32). The molecule has 2 aromatic rings. The van der Waals surface area contributed by atoms with Gasteiger partial charge in [0.2, 0.25) is 5.91 Å². The second-order valence-corrected chi connectivity index (χ2v) is 8.19. The van der Waals surface area contributed by atoms with Gasteiger partial charge in [-0.25, -0.2) is 19.0 Å². The second kappa shape index (κ2) is 12.4. The Morgan fingerprint density at radius 1 is 1.29 bits per heavy atom. The summed E-state index contributed by atoms with van der Waals surface area (Å²) in [5.74, 6) is -5.46. The van der Waals surface area contributed by atoms with E-state index in [2.05, 4.69) is 10.3 Å². The zero-order chi connectivity index (χ0) is 26.1. The van der Waals surface area contributed by atoms with E-state index >= 15 is 0 Å². The number of aromatic nitrogens is 1. The highest BCUT2D eigenvalue weighted by molar-refractivity contribution is 7.17. The highest BCUT2D eigenvalue weighted by Crippen LogP contribution is 2.25. The smallest absolute Gasteiger partial charge is 0.355 e. The lowest BCUT2D eigenvalue weighted by atomic mass is 10.1. The van der Waals surface area contributed by atoms with Crippen LogP contribution in [0.2, 0.25) is 0 Å². The van der Waals surface area contributed by atoms with Gasteiger partial charge in [-0.2, -0.15) is 0 Å². The summed E-state index contributed by atoms with van der Waals surface area (Å²) >= 11 is 0.961. The number of carboxylic acid groups (broad SMARTS) is 2. The van der Waals surface area contributed by atoms with Crippen molar-refractivity contribution in [2.45, 2.75) is 32.2 Å². The van der Waals surface area contributed by atoms with Crippen LogP contribution in [0.15, 0.2) is 24.4 Å². The number of nitrogen functional groups attached to an aromatic ring is 1. The largest absolute Gasteiger partial charge is 0.481 e. The highest BCUT2D eigenvalue weighted by atomic mass is 32.1. The predicted octanol–water partition coefficient (Wildman–Crippen LogP) is 1.44. The summed E-state index contributed by atoms with van der Waals surface area (Å²) in [5, 5.41) is 27.8. The fourth-order valence-electron chi connectivity index (χ4n) is 2.82. The molecule has 0 aliphatic rings. The third-order valence-corrected chi connectivity index (χ3v) is 5.72. The zero-order valence-electron chi connectivity index (χ0n) is 18.6. The molecule has 6 N–H and O–H groups in total. The molecule has 0 aliphatic heterocycles. The average Bonchev–Trinajstić information content (AvgIpc) is 3.28. The summed E-state index contributed by atoms with van der Waals surface area (Å²) in [4.78, 5) is 52.3. The van der Waals surface area contributed by atoms with Crippen molar-refractivity contribution in [2.75, 3.05) is 18.0 Å². The first kappa shape index (κ1) is 27.2. The molecule has 0 spiro atoms. The van der Waals surface area contributed by atoms with Gasteiger partial charge in [0, 0.05) is 31.5 Å². The Labute approximate surface area is 203 Å². The minimum absolute atomic E-state index is 0.0811. The Kier molecular flexibility index (Phi) is 9.64. The molecule has 1 atom stereocenters. The SMILES string of the molecule is CCN(CCC(=O)NC(CCC(=O)O)C(=O)O)c1ncc(C(=O)Oc2ccc(C(=N)N)cc2F)s1. The maximum absolute atomic E-state index is 14.1. The monoisotopic (exact) mass is 509 g/mol. The van der Waals surface area contributed by atoms with E-state index < -0.39 is 42.1 Å². The van der Waals surface area contributed by atoms with Crippen LogP contribution in [0.3, 0.4) is 0 Å². The summed E-state index contributed by atoms with van der Waals surface area (Å²) in [5.41, 5.74) is 5.44. The topological polar surface area (TPSA) is 196 Å². The van der Waals surface area contributed by atoms with Crippen LogP contribution in [0.1, 0.15) is 41.4 Å². The number of carbonyl (C=O) groups excluding carboxylic acids is 2. The molecule has 14 heteroatoms. The minimum atomic E-state index is -1.33. The Balaban J connectivity index is 1.97. The number of hydrogen-bond donors (Lipinski definition) is 5. The lowest BCUT2D eigenvalue weighted by Gasteiger charge is -2.20. The lowest BCUT2D eigenvalue weighted by Crippen LogP contribution is -2.42. The first-order chi connectivity index (χ1) is 16.5. The van der Waals surface area contributed by atoms with Gasteiger partial charge < -0.3 is 30.9 Å². The average molecular weight is 510 g/mol. The Bertz CT molecular complexity index is 1120. The number of benzene rings is 1. The number of rotatable bonds is 13. The molecule has 35 heavy (non-hydrogen) atoms. The van der Waals surface area contributed by atoms with E-state index in [0.717, 1.165) is 17.4 Å². The molecule has 1 heterocycles. The molecule has 1 unspecified atom stereocenters. The third-order valence-electron chi connectivity index (χ3n) is 4.68. The Morgan fingerprint density at radius 3 is 2.57 bits per heavy atom. The fourth-order valence-corrected chi connectivity index (χ4v) is 3.71. The molecule has 0 radical (unpaired) electrons. The van der Waals surface area contributed by atoms with Gasteiger partial charge in [-0.05, 0) is 31.5 Å². The van der Waals surface area contributed by atoms with Gasteiger partial charge in [-0.1, -0.05) is 11.3 Å². The number of amides is 1. The number of carbonyl (C=O) groups is 4. The van der Waals surface area contributed by atoms with Gasteiger partial charge in [-0.3, -0.25) is 15.0 Å². The van der Waals surface area contributed by atoms with Gasteiger partial charge in [-0.15, -0.1) is 0 Å². The number of esters is 1. The molecule has 188 valence electrons. The molecule has 1 amide bonds. The van der Waals surface area contributed by atoms with Crippen LogP contribution in [-0.2, 0) is 14.4 Å². The Hall–Kier alpha value is -4.07. The van der Waals surface area contributed by atoms with E-state index in [0.29, 0.717) is 11.7 Å². The van der Waals surface area contributed by atoms with E-state index in [1.165, 1.54) is 18.3 Å². The summed E-state index contributed by atoms with van der Waals surface area (Å²) in [6, 6.07) is 2.18. The molecule has 2 rings (SSSR count). The van der Waals surface area contributed by atoms with Gasteiger partial charge in [0.15, 0.2) is 16.7 Å². The van der Waals surface area contributed by atoms with Crippen molar-refractivity contribution in [3.63, 3.8) is 0 Å². The maximum atomic E-state index is 14.1. The molecule has 0 saturated carbocycles. The molecular weight excluding hydrogens is 485 g/mol. The summed E-state index contributed by atoms with van der Waals surface area (Å²) in [7, 11) is 0. The van der Waals surface area contributed by atoms with Crippen molar-refractivity contribution in [1.29, 1.82) is 5.41 Å². The number of nitrogens with zero attached hydrogens (tertiary/aromatic N) is 2. The van der Waals surface area contributed by atoms with Crippen molar-refractivity contribution < 1.29 is 38.5 Å². The number of amidine groups is 1. The van der Waals surface area contributed by atoms with Crippen LogP contribution in [0.25, 0.3) is 0 Å². The van der Waals surface area contributed by atoms with Gasteiger partial charge in [0.1, 0.15) is 16.8 Å². The van der Waals surface area contributed by atoms with Crippen molar-refractivity contribution >= 4 is 46.1 Å². The van der Waals surface area contributed by atoms with Gasteiger partial charge >= 0.3 is 17.9 Å². The molecule has 0 saturated heterocycles. The molecule has 0 bridgehead atoms. The number of anilines is 1. The number of nitrogens with one attached hydrogen (secondary N) is 2. The van der Waals surface area contributed by atoms with Crippen LogP contribution in [0, 0.1) is 11.2 Å². The number of aliphatic carboxylic acids is 2. The van der Waals surface area contributed by atoms with Gasteiger partial charge in [0.25, 0.3) is 0 Å². The van der Waals surface area contributed by atoms with Crippen molar-refractivity contribution in [3.05, 3.63) is 40.7 Å². The van der Waals surface area contributed by atoms with E-state index in [-0.39, 0.29) is 41.4 Å². The molecule has 1 aromatic heterocycles. The fraction of sp³-hybridized carbons (Fsp3) is 0.333. The minimum Gasteiger partial charge on any atom is -0.481 e. The molecular formula is C21H24FN5O7S. The normalized spacial score (nSPS) is 11.4. The summed E-state index contributed by atoms with van der Waals surface area (Å²) < 4.78 is 19.2. The number of hydrogen-bond acceptors (Lipinski definition) is 9.